The maximum atomic E-state index is 13.7. The van der Waals surface area contributed by atoms with Crippen molar-refractivity contribution < 1.29 is 14.3 Å². The maximum Gasteiger partial charge on any atom is 0.325 e. The van der Waals surface area contributed by atoms with Gasteiger partial charge in [-0.2, -0.15) is 0 Å². The molecule has 1 spiro atoms. The van der Waals surface area contributed by atoms with Crippen LogP contribution >= 0.6 is 0 Å². The van der Waals surface area contributed by atoms with Gasteiger partial charge in [-0.1, -0.05) is 13.0 Å². The van der Waals surface area contributed by atoms with E-state index >= 15 is 0 Å². The summed E-state index contributed by atoms with van der Waals surface area (Å²) in [7, 11) is 5.40. The predicted molar refractivity (Wildman–Crippen MR) is 130 cm³/mol. The molecule has 2 fully saturated rings. The van der Waals surface area contributed by atoms with Crippen LogP contribution in [0.3, 0.4) is 0 Å². The highest BCUT2D eigenvalue weighted by Crippen LogP contribution is 2.49. The van der Waals surface area contributed by atoms with Crippen LogP contribution < -0.4 is 9.47 Å². The number of piperidine rings is 1. The molecule has 0 N–H and O–H groups in total. The second-order valence-electron chi connectivity index (χ2n) is 9.66. The zero-order valence-electron chi connectivity index (χ0n) is 20.9. The molecular formula is C26H35N5O3. The van der Waals surface area contributed by atoms with Gasteiger partial charge < -0.3 is 18.9 Å². The second-order valence-corrected chi connectivity index (χ2v) is 9.66. The number of aryl methyl sites for hydroxylation is 1. The minimum atomic E-state index is -0.261. The number of likely N-dealkylation sites (tertiary alicyclic amines) is 1. The van der Waals surface area contributed by atoms with Crippen LogP contribution in [-0.2, 0) is 20.1 Å². The van der Waals surface area contributed by atoms with E-state index < -0.39 is 0 Å². The normalized spacial score (nSPS) is 21.9. The lowest BCUT2D eigenvalue weighted by molar-refractivity contribution is 0.0877. The molecule has 2 amide bonds. The fourth-order valence-corrected chi connectivity index (χ4v) is 6.11. The molecule has 182 valence electrons. The van der Waals surface area contributed by atoms with Gasteiger partial charge in [-0.25, -0.2) is 9.78 Å². The van der Waals surface area contributed by atoms with Crippen molar-refractivity contribution in [2.45, 2.75) is 51.2 Å². The van der Waals surface area contributed by atoms with E-state index in [1.54, 1.807) is 14.2 Å². The molecule has 4 heterocycles. The van der Waals surface area contributed by atoms with Crippen LogP contribution in [0.4, 0.5) is 4.79 Å². The molecule has 2 aromatic rings. The fourth-order valence-electron chi connectivity index (χ4n) is 6.11. The lowest BCUT2D eigenvalue weighted by atomic mass is 9.82. The van der Waals surface area contributed by atoms with E-state index in [4.69, 9.17) is 9.47 Å². The zero-order chi connectivity index (χ0) is 24.0. The van der Waals surface area contributed by atoms with Gasteiger partial charge in [0.2, 0.25) is 0 Å². The van der Waals surface area contributed by atoms with Gasteiger partial charge in [0.25, 0.3) is 0 Å². The third-order valence-corrected chi connectivity index (χ3v) is 7.90. The number of urea groups is 1. The summed E-state index contributed by atoms with van der Waals surface area (Å²) >= 11 is 0. The number of nitrogens with zero attached hydrogens (tertiary/aromatic N) is 5. The first-order valence-electron chi connectivity index (χ1n) is 12.2. The van der Waals surface area contributed by atoms with Crippen molar-refractivity contribution in [2.24, 2.45) is 7.05 Å². The molecule has 5 rings (SSSR count). The lowest BCUT2D eigenvalue weighted by Crippen LogP contribution is -2.53. The Morgan fingerprint density at radius 2 is 1.94 bits per heavy atom. The number of hydrogen-bond donors (Lipinski definition) is 0. The van der Waals surface area contributed by atoms with E-state index in [9.17, 15) is 4.79 Å². The van der Waals surface area contributed by atoms with Gasteiger partial charge in [-0.05, 0) is 31.4 Å². The summed E-state index contributed by atoms with van der Waals surface area (Å²) < 4.78 is 13.4. The summed E-state index contributed by atoms with van der Waals surface area (Å²) in [4.78, 5) is 24.6. The molecule has 8 nitrogen and oxygen atoms in total. The molecule has 0 aliphatic carbocycles. The molecule has 3 aliphatic heterocycles. The first-order chi connectivity index (χ1) is 16.4. The minimum absolute atomic E-state index is 0.107. The van der Waals surface area contributed by atoms with Crippen LogP contribution in [-0.4, -0.2) is 69.7 Å². The monoisotopic (exact) mass is 465 g/mol. The topological polar surface area (TPSA) is 63.1 Å². The molecule has 1 aromatic carbocycles. The van der Waals surface area contributed by atoms with E-state index in [0.717, 1.165) is 60.8 Å². The maximum absolute atomic E-state index is 13.7. The van der Waals surface area contributed by atoms with E-state index in [-0.39, 0.29) is 17.5 Å². The summed E-state index contributed by atoms with van der Waals surface area (Å²) in [6, 6.07) is 4.10. The highest BCUT2D eigenvalue weighted by Gasteiger charge is 2.54. The fraction of sp³-hybridized carbons (Fsp3) is 0.538. The number of ether oxygens (including phenoxy) is 2. The van der Waals surface area contributed by atoms with Crippen molar-refractivity contribution in [3.63, 3.8) is 0 Å². The first-order valence-corrected chi connectivity index (χ1v) is 12.2. The number of hydrogen-bond acceptors (Lipinski definition) is 5. The molecule has 0 bridgehead atoms. The third kappa shape index (κ3) is 3.47. The van der Waals surface area contributed by atoms with E-state index in [0.29, 0.717) is 13.1 Å². The van der Waals surface area contributed by atoms with Gasteiger partial charge in [0, 0.05) is 62.7 Å². The van der Waals surface area contributed by atoms with Crippen molar-refractivity contribution in [1.82, 2.24) is 24.3 Å². The number of rotatable bonds is 5. The SMILES string of the molecule is CCN1C(=O)N2Cc3cc(OC)cc(OC)c3[C@@H](C)C=C2C12CCN(Cc1cncn1C)CC2. The summed E-state index contributed by atoms with van der Waals surface area (Å²) in [5.41, 5.74) is 4.34. The predicted octanol–water partition coefficient (Wildman–Crippen LogP) is 3.73. The third-order valence-electron chi connectivity index (χ3n) is 7.90. The standard InChI is InChI=1S/C26H35N5O3/c1-6-31-25(32)30-15-19-12-21(33-4)13-22(34-5)24(19)18(2)11-23(30)26(31)7-9-29(10-8-26)16-20-14-27-17-28(20)3/h11-14,17-18H,6-10,15-16H2,1-5H3/t18-/m0/s1. The smallest absolute Gasteiger partial charge is 0.325 e. The van der Waals surface area contributed by atoms with E-state index in [2.05, 4.69) is 45.3 Å². The Kier molecular flexibility index (Phi) is 5.80. The van der Waals surface area contributed by atoms with Crippen molar-refractivity contribution >= 4 is 6.03 Å². The number of benzene rings is 1. The van der Waals surface area contributed by atoms with Crippen LogP contribution in [0.2, 0.25) is 0 Å². The number of allylic oxidation sites excluding steroid dienone is 1. The number of imidazole rings is 1. The molecule has 0 radical (unpaired) electrons. The number of fused-ring (bicyclic) bond motifs is 3. The van der Waals surface area contributed by atoms with Crippen LogP contribution in [0.5, 0.6) is 11.5 Å². The quantitative estimate of drug-likeness (QED) is 0.673. The van der Waals surface area contributed by atoms with Crippen molar-refractivity contribution in [1.29, 1.82) is 0 Å². The molecule has 0 saturated carbocycles. The lowest BCUT2D eigenvalue weighted by Gasteiger charge is -2.44. The number of aromatic nitrogens is 2. The largest absolute Gasteiger partial charge is 0.497 e. The Hall–Kier alpha value is -3.00. The molecule has 0 unspecified atom stereocenters. The Morgan fingerprint density at radius 1 is 1.18 bits per heavy atom. The molecular weight excluding hydrogens is 430 g/mol. The summed E-state index contributed by atoms with van der Waals surface area (Å²) in [6.45, 7) is 8.31. The zero-order valence-corrected chi connectivity index (χ0v) is 20.9. The number of amides is 2. The van der Waals surface area contributed by atoms with Crippen LogP contribution in [0, 0.1) is 0 Å². The highest BCUT2D eigenvalue weighted by molar-refractivity contribution is 5.83. The van der Waals surface area contributed by atoms with Gasteiger partial charge in [0.05, 0.1) is 38.3 Å². The highest BCUT2D eigenvalue weighted by atomic mass is 16.5. The average molecular weight is 466 g/mol. The molecule has 3 aliphatic rings. The Labute approximate surface area is 201 Å². The Morgan fingerprint density at radius 3 is 2.56 bits per heavy atom. The minimum Gasteiger partial charge on any atom is -0.497 e. The van der Waals surface area contributed by atoms with Gasteiger partial charge >= 0.3 is 6.03 Å². The summed E-state index contributed by atoms with van der Waals surface area (Å²) in [5.74, 6) is 1.70. The van der Waals surface area contributed by atoms with Gasteiger partial charge in [-0.15, -0.1) is 0 Å². The number of likely N-dealkylation sites (N-methyl/N-ethyl adjacent to an activating group) is 1. The van der Waals surface area contributed by atoms with Crippen molar-refractivity contribution in [3.8, 4) is 11.5 Å². The average Bonchev–Trinajstić information content (AvgIpc) is 3.27. The molecule has 2 saturated heterocycles. The summed E-state index contributed by atoms with van der Waals surface area (Å²) in [6.07, 6.45) is 7.96. The van der Waals surface area contributed by atoms with Crippen molar-refractivity contribution in [3.05, 3.63) is 53.3 Å². The molecule has 1 aromatic heterocycles. The number of carbonyl (C=O) groups excluding carboxylic acids is 1. The van der Waals surface area contributed by atoms with Gasteiger partial charge in [0.15, 0.2) is 0 Å². The number of carbonyl (C=O) groups is 1. The van der Waals surface area contributed by atoms with E-state index in [1.807, 2.05) is 30.5 Å². The van der Waals surface area contributed by atoms with E-state index in [1.165, 1.54) is 5.69 Å². The van der Waals surface area contributed by atoms with Crippen LogP contribution in [0.25, 0.3) is 0 Å². The molecule has 1 atom stereocenters. The van der Waals surface area contributed by atoms with Gasteiger partial charge in [0.1, 0.15) is 11.5 Å². The van der Waals surface area contributed by atoms with Crippen molar-refractivity contribution in [2.75, 3.05) is 33.9 Å². The Balaban J connectivity index is 1.48. The van der Waals surface area contributed by atoms with Gasteiger partial charge in [-0.3, -0.25) is 9.80 Å². The van der Waals surface area contributed by atoms with Crippen LogP contribution in [0.15, 0.2) is 36.4 Å². The number of methoxy groups -OCH3 is 2. The summed E-state index contributed by atoms with van der Waals surface area (Å²) in [5, 5.41) is 0. The second kappa shape index (κ2) is 8.65. The molecule has 34 heavy (non-hydrogen) atoms. The Bertz CT molecular complexity index is 1120. The molecule has 8 heteroatoms. The first kappa shape index (κ1) is 22.8. The van der Waals surface area contributed by atoms with Crippen LogP contribution in [0.1, 0.15) is 49.4 Å².